The smallest absolute Gasteiger partial charge is 0.266 e. The molecule has 0 amide bonds. The van der Waals surface area contributed by atoms with E-state index in [9.17, 15) is 4.79 Å². The lowest BCUT2D eigenvalue weighted by molar-refractivity contribution is 0.570. The summed E-state index contributed by atoms with van der Waals surface area (Å²) in [7, 11) is 0. The molecular weight excluding hydrogens is 274 g/mol. The van der Waals surface area contributed by atoms with Crippen molar-refractivity contribution >= 4 is 16.5 Å². The summed E-state index contributed by atoms with van der Waals surface area (Å²) in [4.78, 5) is 11.6. The molecule has 2 heterocycles. The normalized spacial score (nSPS) is 10.7. The van der Waals surface area contributed by atoms with Crippen LogP contribution < -0.4 is 10.9 Å². The standard InChI is InChI=1S/C13H19N5OS/c1-3-5-8-14-13-16-15-12(20-13)10-6-7-11(19)18(17-10)9-4-2/h6-7H,3-5,8-9H2,1-2H3,(H,14,16). The third-order valence-electron chi connectivity index (χ3n) is 2.75. The van der Waals surface area contributed by atoms with Gasteiger partial charge in [0.15, 0.2) is 5.01 Å². The van der Waals surface area contributed by atoms with Crippen molar-refractivity contribution in [1.29, 1.82) is 0 Å². The fraction of sp³-hybridized carbons (Fsp3) is 0.538. The van der Waals surface area contributed by atoms with Crippen LogP contribution in [0.1, 0.15) is 33.1 Å². The van der Waals surface area contributed by atoms with Crippen LogP contribution in [0.15, 0.2) is 16.9 Å². The quantitative estimate of drug-likeness (QED) is 0.793. The highest BCUT2D eigenvalue weighted by Crippen LogP contribution is 2.23. The topological polar surface area (TPSA) is 72.7 Å². The zero-order chi connectivity index (χ0) is 14.4. The Labute approximate surface area is 121 Å². The molecule has 0 aliphatic rings. The Morgan fingerprint density at radius 3 is 2.85 bits per heavy atom. The monoisotopic (exact) mass is 293 g/mol. The number of nitrogens with one attached hydrogen (secondary N) is 1. The van der Waals surface area contributed by atoms with Crippen LogP contribution in [-0.4, -0.2) is 26.5 Å². The minimum absolute atomic E-state index is 0.0820. The van der Waals surface area contributed by atoms with Gasteiger partial charge in [-0.25, -0.2) is 4.68 Å². The van der Waals surface area contributed by atoms with Crippen molar-refractivity contribution in [1.82, 2.24) is 20.0 Å². The second-order valence-corrected chi connectivity index (χ2v) is 5.45. The SMILES string of the molecule is CCCCNc1nnc(-c2ccc(=O)n(CCC)n2)s1. The van der Waals surface area contributed by atoms with Gasteiger partial charge in [0, 0.05) is 19.2 Å². The number of nitrogens with zero attached hydrogens (tertiary/aromatic N) is 4. The number of aryl methyl sites for hydroxylation is 1. The molecule has 0 radical (unpaired) electrons. The first-order valence-electron chi connectivity index (χ1n) is 6.90. The lowest BCUT2D eigenvalue weighted by atomic mass is 10.3. The van der Waals surface area contributed by atoms with E-state index in [2.05, 4.69) is 27.5 Å². The van der Waals surface area contributed by atoms with Crippen LogP contribution in [0.3, 0.4) is 0 Å². The highest BCUT2D eigenvalue weighted by atomic mass is 32.1. The molecular formula is C13H19N5OS. The van der Waals surface area contributed by atoms with Gasteiger partial charge >= 0.3 is 0 Å². The maximum atomic E-state index is 11.6. The molecule has 20 heavy (non-hydrogen) atoms. The van der Waals surface area contributed by atoms with E-state index in [1.807, 2.05) is 6.92 Å². The van der Waals surface area contributed by atoms with Crippen molar-refractivity contribution in [3.63, 3.8) is 0 Å². The van der Waals surface area contributed by atoms with Crippen LogP contribution in [0.4, 0.5) is 5.13 Å². The molecule has 2 aromatic rings. The Kier molecular flexibility index (Phi) is 5.23. The van der Waals surface area contributed by atoms with E-state index in [1.165, 1.54) is 22.1 Å². The fourth-order valence-electron chi connectivity index (χ4n) is 1.71. The Bertz CT molecular complexity index is 607. The molecule has 0 saturated carbocycles. The van der Waals surface area contributed by atoms with E-state index in [-0.39, 0.29) is 5.56 Å². The average molecular weight is 293 g/mol. The number of anilines is 1. The van der Waals surface area contributed by atoms with Gasteiger partial charge in [-0.1, -0.05) is 31.6 Å². The molecule has 0 atom stereocenters. The number of rotatable bonds is 7. The van der Waals surface area contributed by atoms with Gasteiger partial charge in [0.25, 0.3) is 5.56 Å². The van der Waals surface area contributed by atoms with Gasteiger partial charge < -0.3 is 5.32 Å². The maximum absolute atomic E-state index is 11.6. The zero-order valence-corrected chi connectivity index (χ0v) is 12.6. The molecule has 0 aromatic carbocycles. The molecule has 6 nitrogen and oxygen atoms in total. The summed E-state index contributed by atoms with van der Waals surface area (Å²) in [5.74, 6) is 0. The second-order valence-electron chi connectivity index (χ2n) is 4.47. The van der Waals surface area contributed by atoms with Crippen molar-refractivity contribution in [3.8, 4) is 10.7 Å². The van der Waals surface area contributed by atoms with Gasteiger partial charge in [-0.15, -0.1) is 10.2 Å². The van der Waals surface area contributed by atoms with Crippen LogP contribution in [0.25, 0.3) is 10.7 Å². The van der Waals surface area contributed by atoms with Crippen molar-refractivity contribution in [3.05, 3.63) is 22.5 Å². The van der Waals surface area contributed by atoms with Crippen molar-refractivity contribution in [2.24, 2.45) is 0 Å². The van der Waals surface area contributed by atoms with E-state index >= 15 is 0 Å². The van der Waals surface area contributed by atoms with Crippen LogP contribution in [0, 0.1) is 0 Å². The molecule has 0 unspecified atom stereocenters. The van der Waals surface area contributed by atoms with Gasteiger partial charge in [0.05, 0.1) is 0 Å². The molecule has 108 valence electrons. The summed E-state index contributed by atoms with van der Waals surface area (Å²) in [5, 5.41) is 17.3. The predicted octanol–water partition coefficient (Wildman–Crippen LogP) is 2.38. The first kappa shape index (κ1) is 14.6. The van der Waals surface area contributed by atoms with Gasteiger partial charge in [-0.2, -0.15) is 5.10 Å². The van der Waals surface area contributed by atoms with E-state index in [4.69, 9.17) is 0 Å². The third kappa shape index (κ3) is 3.63. The second kappa shape index (κ2) is 7.14. The summed E-state index contributed by atoms with van der Waals surface area (Å²) in [5.41, 5.74) is 0.612. The van der Waals surface area contributed by atoms with Gasteiger partial charge in [-0.3, -0.25) is 4.79 Å². The third-order valence-corrected chi connectivity index (χ3v) is 3.66. The van der Waals surface area contributed by atoms with Crippen LogP contribution in [0.2, 0.25) is 0 Å². The van der Waals surface area contributed by atoms with Gasteiger partial charge in [-0.05, 0) is 18.9 Å². The van der Waals surface area contributed by atoms with E-state index in [1.54, 1.807) is 6.07 Å². The molecule has 1 N–H and O–H groups in total. The number of hydrogen-bond acceptors (Lipinski definition) is 6. The summed E-state index contributed by atoms with van der Waals surface area (Å²) < 4.78 is 1.47. The first-order valence-corrected chi connectivity index (χ1v) is 7.72. The summed E-state index contributed by atoms with van der Waals surface area (Å²) in [6.45, 7) is 5.68. The molecule has 0 fully saturated rings. The lowest BCUT2D eigenvalue weighted by Crippen LogP contribution is -2.21. The van der Waals surface area contributed by atoms with Crippen molar-refractivity contribution in [2.75, 3.05) is 11.9 Å². The van der Waals surface area contributed by atoms with E-state index in [0.717, 1.165) is 35.9 Å². The molecule has 2 rings (SSSR count). The molecule has 0 aliphatic heterocycles. The van der Waals surface area contributed by atoms with E-state index in [0.29, 0.717) is 12.2 Å². The van der Waals surface area contributed by atoms with Gasteiger partial charge in [0.1, 0.15) is 5.69 Å². The average Bonchev–Trinajstić information content (AvgIpc) is 2.91. The maximum Gasteiger partial charge on any atom is 0.266 e. The number of aromatic nitrogens is 4. The molecule has 0 bridgehead atoms. The molecule has 7 heteroatoms. The highest BCUT2D eigenvalue weighted by Gasteiger charge is 2.09. The molecule has 0 aliphatic carbocycles. The van der Waals surface area contributed by atoms with Crippen LogP contribution in [0.5, 0.6) is 0 Å². The summed E-state index contributed by atoms with van der Waals surface area (Å²) >= 11 is 1.46. The Morgan fingerprint density at radius 2 is 2.10 bits per heavy atom. The van der Waals surface area contributed by atoms with E-state index < -0.39 is 0 Å². The van der Waals surface area contributed by atoms with Crippen LogP contribution in [-0.2, 0) is 6.54 Å². The molecule has 0 spiro atoms. The van der Waals surface area contributed by atoms with Crippen molar-refractivity contribution < 1.29 is 0 Å². The van der Waals surface area contributed by atoms with Crippen LogP contribution >= 0.6 is 11.3 Å². The largest absolute Gasteiger partial charge is 0.360 e. The Hall–Kier alpha value is -1.76. The summed E-state index contributed by atoms with van der Waals surface area (Å²) in [6, 6.07) is 3.23. The van der Waals surface area contributed by atoms with Gasteiger partial charge in [0.2, 0.25) is 5.13 Å². The highest BCUT2D eigenvalue weighted by molar-refractivity contribution is 7.18. The predicted molar refractivity (Wildman–Crippen MR) is 81.1 cm³/mol. The zero-order valence-electron chi connectivity index (χ0n) is 11.8. The minimum Gasteiger partial charge on any atom is -0.360 e. The number of hydrogen-bond donors (Lipinski definition) is 1. The van der Waals surface area contributed by atoms with Crippen molar-refractivity contribution in [2.45, 2.75) is 39.7 Å². The lowest BCUT2D eigenvalue weighted by Gasteiger charge is -2.02. The number of unbranched alkanes of at least 4 members (excludes halogenated alkanes) is 1. The Morgan fingerprint density at radius 1 is 1.25 bits per heavy atom. The molecule has 0 saturated heterocycles. The Balaban J connectivity index is 2.15. The molecule has 2 aromatic heterocycles. The fourth-order valence-corrected chi connectivity index (χ4v) is 2.44. The minimum atomic E-state index is -0.0820. The first-order chi connectivity index (χ1) is 9.74. The summed E-state index contributed by atoms with van der Waals surface area (Å²) in [6.07, 6.45) is 3.12.